The van der Waals surface area contributed by atoms with E-state index >= 15 is 0 Å². The number of methoxy groups -OCH3 is 1. The topological polar surface area (TPSA) is 314 Å². The van der Waals surface area contributed by atoms with Gasteiger partial charge in [0.1, 0.15) is 33.4 Å². The molecule has 0 radical (unpaired) electrons. The monoisotopic (exact) mass is 1130 g/mol. The SMILES string of the molecule is CCC1(C)OC(=O)C(=C/C=C(C)/C=C/C2=C(O)OC3(CCC4(CC3)OC(=O)C(=C/C=C(C)/C=C/C3=C(OC)OC5(CCC6(CC5)OC(=O)C(=C/C=C(C)/C=C/C5=C(O)OC(C)(CC)OC5=O)C(=O)O6)OC3=O)C(=O)O4)OC2=O)C(=O)O1. The normalized spacial score (nSPS) is 31.3. The molecule has 0 aromatic rings. The highest BCUT2D eigenvalue weighted by Gasteiger charge is 2.58. The van der Waals surface area contributed by atoms with Crippen LogP contribution < -0.4 is 0 Å². The summed E-state index contributed by atoms with van der Waals surface area (Å²) in [6, 6.07) is 0. The van der Waals surface area contributed by atoms with Gasteiger partial charge in [-0.3, -0.25) is 0 Å². The minimum Gasteiger partial charge on any atom is -0.480 e. The molecule has 24 heteroatoms. The number of ether oxygens (including phenoxy) is 13. The lowest BCUT2D eigenvalue weighted by Crippen LogP contribution is -2.54. The fourth-order valence-electron chi connectivity index (χ4n) is 9.00. The quantitative estimate of drug-likeness (QED) is 0.0661. The van der Waals surface area contributed by atoms with Crippen molar-refractivity contribution in [3.63, 3.8) is 0 Å². The third-order valence-electron chi connectivity index (χ3n) is 14.2. The van der Waals surface area contributed by atoms with Crippen LogP contribution in [-0.4, -0.2) is 106 Å². The van der Waals surface area contributed by atoms with Crippen LogP contribution in [0.1, 0.15) is 113 Å². The molecule has 8 rings (SSSR count). The summed E-state index contributed by atoms with van der Waals surface area (Å²) in [5.74, 6) is -19.1. The summed E-state index contributed by atoms with van der Waals surface area (Å²) in [6.07, 6.45) is 15.4. The standard InChI is InChI=1S/C57H58O24/c1-9-52(6)70-40(58)34(41(59)71-52)17-11-31(3)13-19-36-44(62)74-54(75-45(36)63)23-25-55(26-24-54)76-46(64)38(47(65)77-55)21-15-33(5)16-22-39-50(68)80-57(81-51(39)69-8)29-27-56(28-30-57)78-48(66)37(49(67)79-56)20-14-32(4)12-18-35-42(60)72-53(7,10-2)73-43(35)61/h11-22,60,62H,9-10,23-30H2,1-8H3/b18-12+,19-13+,22-16+,31-11+,32-14+,33-15+,34-17?,37-20?,38-21?. The number of aliphatic hydroxyl groups excluding tert-OH is 2. The molecule has 1 atom stereocenters. The fourth-order valence-corrected chi connectivity index (χ4v) is 9.00. The lowest BCUT2D eigenvalue weighted by molar-refractivity contribution is -0.298. The molecule has 8 aliphatic rings. The number of aliphatic hydroxyl groups is 2. The largest absolute Gasteiger partial charge is 0.480 e. The van der Waals surface area contributed by atoms with E-state index in [1.807, 2.05) is 0 Å². The van der Waals surface area contributed by atoms with Crippen molar-refractivity contribution in [2.45, 2.75) is 147 Å². The average Bonchev–Trinajstić information content (AvgIpc) is 3.56. The van der Waals surface area contributed by atoms with Gasteiger partial charge in [0.25, 0.3) is 52.6 Å². The van der Waals surface area contributed by atoms with E-state index in [-0.39, 0.29) is 86.0 Å². The summed E-state index contributed by atoms with van der Waals surface area (Å²) in [5.41, 5.74) is -0.548. The van der Waals surface area contributed by atoms with Crippen molar-refractivity contribution in [2.75, 3.05) is 7.11 Å². The van der Waals surface area contributed by atoms with Crippen molar-refractivity contribution >= 4 is 53.7 Å². The van der Waals surface area contributed by atoms with Crippen molar-refractivity contribution in [2.24, 2.45) is 0 Å². The van der Waals surface area contributed by atoms with Crippen molar-refractivity contribution in [3.8, 4) is 0 Å². The van der Waals surface area contributed by atoms with Gasteiger partial charge in [-0.25, -0.2) is 43.2 Å². The van der Waals surface area contributed by atoms with Crippen LogP contribution in [0.2, 0.25) is 0 Å². The lowest BCUT2D eigenvalue weighted by Gasteiger charge is -2.46. The molecule has 1 unspecified atom stereocenters. The van der Waals surface area contributed by atoms with Gasteiger partial charge in [0.15, 0.2) is 0 Å². The van der Waals surface area contributed by atoms with Crippen LogP contribution in [0.3, 0.4) is 0 Å². The average molecular weight is 1130 g/mol. The van der Waals surface area contributed by atoms with Gasteiger partial charge in [-0.1, -0.05) is 67.0 Å². The van der Waals surface area contributed by atoms with Crippen molar-refractivity contribution in [1.82, 2.24) is 0 Å². The van der Waals surface area contributed by atoms with Crippen LogP contribution in [-0.2, 0) is 105 Å². The van der Waals surface area contributed by atoms with E-state index in [0.29, 0.717) is 23.1 Å². The Balaban J connectivity index is 0.827. The van der Waals surface area contributed by atoms with Crippen molar-refractivity contribution < 1.29 is 115 Å². The van der Waals surface area contributed by atoms with Gasteiger partial charge in [0, 0.05) is 78.1 Å². The summed E-state index contributed by atoms with van der Waals surface area (Å²) >= 11 is 0. The molecule has 0 aromatic heterocycles. The van der Waals surface area contributed by atoms with Crippen molar-refractivity contribution in [1.29, 1.82) is 0 Å². The molecule has 0 amide bonds. The zero-order chi connectivity index (χ0) is 58.9. The molecule has 4 spiro atoms. The first-order valence-corrected chi connectivity index (χ1v) is 25.7. The van der Waals surface area contributed by atoms with E-state index in [0.717, 1.165) is 0 Å². The van der Waals surface area contributed by atoms with Gasteiger partial charge in [0.2, 0.25) is 0 Å². The van der Waals surface area contributed by atoms with E-state index in [1.54, 1.807) is 34.6 Å². The zero-order valence-corrected chi connectivity index (χ0v) is 45.4. The third kappa shape index (κ3) is 12.4. The lowest BCUT2D eigenvalue weighted by atomic mass is 9.87. The Kier molecular flexibility index (Phi) is 15.9. The zero-order valence-electron chi connectivity index (χ0n) is 45.4. The van der Waals surface area contributed by atoms with Crippen LogP contribution >= 0.6 is 0 Å². The summed E-state index contributed by atoms with van der Waals surface area (Å²) in [5, 5.41) is 21.0. The van der Waals surface area contributed by atoms with Gasteiger partial charge >= 0.3 is 53.7 Å². The number of hydrogen-bond acceptors (Lipinski definition) is 24. The van der Waals surface area contributed by atoms with E-state index in [2.05, 4.69) is 0 Å². The van der Waals surface area contributed by atoms with Gasteiger partial charge in [-0.05, 0) is 57.2 Å². The molecule has 2 saturated carbocycles. The van der Waals surface area contributed by atoms with Gasteiger partial charge in [0.05, 0.1) is 7.11 Å². The van der Waals surface area contributed by atoms with E-state index in [4.69, 9.17) is 61.6 Å². The molecule has 6 aliphatic heterocycles. The summed E-state index contributed by atoms with van der Waals surface area (Å²) in [6.45, 7) is 11.2. The Hall–Kier alpha value is -9.09. The second kappa shape index (κ2) is 22.2. The molecule has 24 nitrogen and oxygen atoms in total. The minimum absolute atomic E-state index is 0.0791. The molecule has 430 valence electrons. The Labute approximate surface area is 462 Å². The number of rotatable bonds is 12. The molecule has 6 heterocycles. The van der Waals surface area contributed by atoms with Crippen LogP contribution in [0.25, 0.3) is 0 Å². The van der Waals surface area contributed by atoms with Crippen molar-refractivity contribution in [3.05, 3.63) is 141 Å². The summed E-state index contributed by atoms with van der Waals surface area (Å²) in [7, 11) is 1.27. The maximum absolute atomic E-state index is 13.5. The fraction of sp³-hybridized carbons (Fsp3) is 0.421. The molecule has 2 aliphatic carbocycles. The maximum Gasteiger partial charge on any atom is 0.348 e. The predicted octanol–water partition coefficient (Wildman–Crippen LogP) is 6.88. The number of carbonyl (C=O) groups excluding carboxylic acids is 9. The second-order valence-corrected chi connectivity index (χ2v) is 20.2. The van der Waals surface area contributed by atoms with Crippen LogP contribution in [0.5, 0.6) is 0 Å². The van der Waals surface area contributed by atoms with Crippen LogP contribution in [0, 0.1) is 0 Å². The molecule has 5 fully saturated rings. The second-order valence-electron chi connectivity index (χ2n) is 20.2. The Morgan fingerprint density at radius 1 is 0.407 bits per heavy atom. The molecular weight excluding hydrogens is 1070 g/mol. The molecule has 0 aromatic carbocycles. The number of hydrogen-bond donors (Lipinski definition) is 2. The van der Waals surface area contributed by atoms with E-state index < -0.39 is 111 Å². The Morgan fingerprint density at radius 2 is 0.679 bits per heavy atom. The molecule has 2 N–H and O–H groups in total. The van der Waals surface area contributed by atoms with Crippen LogP contribution in [0.15, 0.2) is 141 Å². The number of cyclic esters (lactones) is 3. The minimum atomic E-state index is -1.73. The highest BCUT2D eigenvalue weighted by molar-refractivity contribution is 6.17. The molecule has 3 saturated heterocycles. The van der Waals surface area contributed by atoms with Gasteiger partial charge in [-0.2, -0.15) is 0 Å². The molecular formula is C57H58O24. The van der Waals surface area contributed by atoms with Crippen LogP contribution in [0.4, 0.5) is 0 Å². The van der Waals surface area contributed by atoms with Gasteiger partial charge < -0.3 is 71.8 Å². The number of allylic oxidation sites excluding steroid dienone is 12. The Morgan fingerprint density at radius 3 is 1.02 bits per heavy atom. The summed E-state index contributed by atoms with van der Waals surface area (Å²) < 4.78 is 72.1. The smallest absolute Gasteiger partial charge is 0.348 e. The third-order valence-corrected chi connectivity index (χ3v) is 14.2. The van der Waals surface area contributed by atoms with E-state index in [1.165, 1.54) is 93.9 Å². The maximum atomic E-state index is 13.5. The predicted molar refractivity (Wildman–Crippen MR) is 270 cm³/mol. The number of esters is 9. The van der Waals surface area contributed by atoms with E-state index in [9.17, 15) is 53.4 Å². The highest BCUT2D eigenvalue weighted by Crippen LogP contribution is 2.48. The Bertz CT molecular complexity index is 3090. The first-order chi connectivity index (χ1) is 38.2. The first kappa shape index (κ1) is 58.1. The van der Waals surface area contributed by atoms with Gasteiger partial charge in [-0.15, -0.1) is 0 Å². The molecule has 0 bridgehead atoms. The first-order valence-electron chi connectivity index (χ1n) is 25.7. The molecule has 81 heavy (non-hydrogen) atoms. The highest BCUT2D eigenvalue weighted by atomic mass is 16.8. The number of carbonyl (C=O) groups is 9. The summed E-state index contributed by atoms with van der Waals surface area (Å²) in [4.78, 5) is 117.